The molecule has 1 N–H and O–H groups in total. The van der Waals surface area contributed by atoms with Gasteiger partial charge in [-0.05, 0) is 50.7 Å². The lowest BCUT2D eigenvalue weighted by molar-refractivity contribution is -0.121. The minimum Gasteiger partial charge on any atom is -0.465 e. The number of rotatable bonds is 7. The van der Waals surface area contributed by atoms with Gasteiger partial charge in [-0.3, -0.25) is 14.5 Å². The average Bonchev–Trinajstić information content (AvgIpc) is 3.07. The number of nitrogens with one attached hydrogen (secondary N) is 1. The van der Waals surface area contributed by atoms with E-state index in [-0.39, 0.29) is 11.7 Å². The Bertz CT molecular complexity index is 963. The van der Waals surface area contributed by atoms with Crippen molar-refractivity contribution in [2.75, 3.05) is 12.4 Å². The molecule has 1 heterocycles. The molecule has 0 aliphatic heterocycles. The Balaban J connectivity index is 1.85. The minimum absolute atomic E-state index is 0.0407. The van der Waals surface area contributed by atoms with Crippen molar-refractivity contribution < 1.29 is 14.0 Å². The molecule has 3 rings (SSSR count). The van der Waals surface area contributed by atoms with Crippen molar-refractivity contribution in [2.45, 2.75) is 26.4 Å². The van der Waals surface area contributed by atoms with Crippen molar-refractivity contribution in [3.05, 3.63) is 89.4 Å². The van der Waals surface area contributed by atoms with Crippen LogP contribution in [0.15, 0.2) is 71.1 Å². The van der Waals surface area contributed by atoms with Gasteiger partial charge in [0, 0.05) is 11.3 Å². The smallest absolute Gasteiger partial charge is 0.246 e. The highest BCUT2D eigenvalue weighted by Crippen LogP contribution is 2.24. The molecule has 0 spiro atoms. The lowest BCUT2D eigenvalue weighted by atomic mass is 10.0. The number of ketones is 1. The number of hydrogen-bond acceptors (Lipinski definition) is 4. The fourth-order valence-corrected chi connectivity index (χ4v) is 3.18. The van der Waals surface area contributed by atoms with Crippen LogP contribution >= 0.6 is 0 Å². The zero-order valence-corrected chi connectivity index (χ0v) is 16.3. The predicted octanol–water partition coefficient (Wildman–Crippen LogP) is 4.60. The number of carbonyl (C=O) groups excluding carboxylic acids is 2. The van der Waals surface area contributed by atoms with Crippen LogP contribution in [-0.4, -0.2) is 23.6 Å². The van der Waals surface area contributed by atoms with Gasteiger partial charge in [-0.2, -0.15) is 0 Å². The summed E-state index contributed by atoms with van der Waals surface area (Å²) in [5.41, 5.74) is 2.04. The van der Waals surface area contributed by atoms with E-state index in [2.05, 4.69) is 5.32 Å². The zero-order chi connectivity index (χ0) is 20.1. The maximum absolute atomic E-state index is 13.2. The lowest BCUT2D eigenvalue weighted by Crippen LogP contribution is -2.34. The van der Waals surface area contributed by atoms with E-state index < -0.39 is 6.04 Å². The van der Waals surface area contributed by atoms with Crippen LogP contribution in [0.5, 0.6) is 0 Å². The van der Waals surface area contributed by atoms with Gasteiger partial charge < -0.3 is 9.73 Å². The molecule has 0 radical (unpaired) electrons. The van der Waals surface area contributed by atoms with Crippen LogP contribution in [0.4, 0.5) is 5.69 Å². The van der Waals surface area contributed by atoms with E-state index in [0.29, 0.717) is 17.8 Å². The van der Waals surface area contributed by atoms with Crippen molar-refractivity contribution in [1.29, 1.82) is 0 Å². The molecule has 0 fully saturated rings. The Kier molecular flexibility index (Phi) is 6.06. The van der Waals surface area contributed by atoms with Crippen molar-refractivity contribution in [1.82, 2.24) is 4.90 Å². The summed E-state index contributed by atoms with van der Waals surface area (Å²) in [7, 11) is 1.89. The highest BCUT2D eigenvalue weighted by molar-refractivity contribution is 5.98. The molecule has 0 saturated carbocycles. The molecule has 0 saturated heterocycles. The van der Waals surface area contributed by atoms with Gasteiger partial charge in [0.15, 0.2) is 5.78 Å². The number of aryl methyl sites for hydroxylation is 1. The van der Waals surface area contributed by atoms with Crippen LogP contribution in [0.1, 0.15) is 40.4 Å². The van der Waals surface area contributed by atoms with Gasteiger partial charge >= 0.3 is 0 Å². The van der Waals surface area contributed by atoms with E-state index in [0.717, 1.165) is 17.1 Å². The van der Waals surface area contributed by atoms with E-state index >= 15 is 0 Å². The second kappa shape index (κ2) is 8.67. The number of nitrogens with zero attached hydrogens (tertiary/aromatic N) is 1. The molecule has 0 bridgehead atoms. The second-order valence-electron chi connectivity index (χ2n) is 6.87. The van der Waals surface area contributed by atoms with Crippen LogP contribution in [0.25, 0.3) is 0 Å². The van der Waals surface area contributed by atoms with E-state index in [1.807, 2.05) is 61.3 Å². The monoisotopic (exact) mass is 376 g/mol. The van der Waals surface area contributed by atoms with Crippen molar-refractivity contribution in [2.24, 2.45) is 0 Å². The summed E-state index contributed by atoms with van der Waals surface area (Å²) in [6.07, 6.45) is 0. The molecule has 5 nitrogen and oxygen atoms in total. The number of hydrogen-bond donors (Lipinski definition) is 1. The molecule has 3 aromatic rings. The van der Waals surface area contributed by atoms with E-state index in [1.54, 1.807) is 24.3 Å². The van der Waals surface area contributed by atoms with Crippen LogP contribution in [0, 0.1) is 6.92 Å². The Labute approximate surface area is 165 Å². The summed E-state index contributed by atoms with van der Waals surface area (Å²) in [6, 6.07) is 19.9. The molecule has 1 aromatic heterocycles. The first kappa shape index (κ1) is 19.6. The third kappa shape index (κ3) is 4.75. The van der Waals surface area contributed by atoms with Crippen LogP contribution in [-0.2, 0) is 11.3 Å². The highest BCUT2D eigenvalue weighted by atomic mass is 16.3. The molecule has 5 heteroatoms. The third-order valence-electron chi connectivity index (χ3n) is 4.54. The predicted molar refractivity (Wildman–Crippen MR) is 109 cm³/mol. The zero-order valence-electron chi connectivity index (χ0n) is 16.3. The van der Waals surface area contributed by atoms with Gasteiger partial charge in [0.1, 0.15) is 17.6 Å². The normalized spacial score (nSPS) is 12.0. The Morgan fingerprint density at radius 3 is 2.43 bits per heavy atom. The average molecular weight is 376 g/mol. The molecular formula is C23H24N2O3. The largest absolute Gasteiger partial charge is 0.465 e. The third-order valence-corrected chi connectivity index (χ3v) is 4.54. The van der Waals surface area contributed by atoms with E-state index in [1.165, 1.54) is 6.92 Å². The number of likely N-dealkylation sites (N-methyl/N-ethyl adjacent to an activating group) is 1. The molecule has 144 valence electrons. The van der Waals surface area contributed by atoms with Gasteiger partial charge in [0.05, 0.1) is 6.54 Å². The second-order valence-corrected chi connectivity index (χ2v) is 6.87. The SMILES string of the molecule is CC(=O)c1cccc(NC(=O)[C@@H](c2ccccc2)N(C)Cc2ccc(C)o2)c1. The van der Waals surface area contributed by atoms with Crippen molar-refractivity contribution in [3.63, 3.8) is 0 Å². The Morgan fingerprint density at radius 1 is 1.04 bits per heavy atom. The van der Waals surface area contributed by atoms with Crippen LogP contribution < -0.4 is 5.32 Å². The molecule has 28 heavy (non-hydrogen) atoms. The number of anilines is 1. The van der Waals surface area contributed by atoms with Gasteiger partial charge in [-0.15, -0.1) is 0 Å². The summed E-state index contributed by atoms with van der Waals surface area (Å²) in [6.45, 7) is 3.90. The van der Waals surface area contributed by atoms with Crippen LogP contribution in [0.3, 0.4) is 0 Å². The standard InChI is InChI=1S/C23H24N2O3/c1-16-12-13-21(28-16)15-25(3)22(18-8-5-4-6-9-18)23(27)24-20-11-7-10-19(14-20)17(2)26/h4-14,22H,15H2,1-3H3,(H,24,27)/t22-/m1/s1. The summed E-state index contributed by atoms with van der Waals surface area (Å²) in [5.74, 6) is 1.43. The summed E-state index contributed by atoms with van der Waals surface area (Å²) >= 11 is 0. The van der Waals surface area contributed by atoms with Crippen molar-refractivity contribution in [3.8, 4) is 0 Å². The molecule has 0 aliphatic rings. The maximum atomic E-state index is 13.2. The summed E-state index contributed by atoms with van der Waals surface area (Å²) in [4.78, 5) is 26.7. The first-order chi connectivity index (χ1) is 13.4. The molecule has 1 amide bonds. The van der Waals surface area contributed by atoms with Gasteiger partial charge in [-0.1, -0.05) is 42.5 Å². The maximum Gasteiger partial charge on any atom is 0.246 e. The number of carbonyl (C=O) groups is 2. The van der Waals surface area contributed by atoms with Crippen molar-refractivity contribution >= 4 is 17.4 Å². The fourth-order valence-electron chi connectivity index (χ4n) is 3.18. The number of Topliss-reactive ketones (excluding diaryl/α,β-unsaturated/α-hetero) is 1. The molecule has 2 aromatic carbocycles. The number of amides is 1. The Hall–Kier alpha value is -3.18. The lowest BCUT2D eigenvalue weighted by Gasteiger charge is -2.27. The number of benzene rings is 2. The summed E-state index contributed by atoms with van der Waals surface area (Å²) in [5, 5.41) is 2.94. The highest BCUT2D eigenvalue weighted by Gasteiger charge is 2.26. The summed E-state index contributed by atoms with van der Waals surface area (Å²) < 4.78 is 5.67. The topological polar surface area (TPSA) is 62.6 Å². The first-order valence-electron chi connectivity index (χ1n) is 9.16. The molecule has 1 atom stereocenters. The molecular weight excluding hydrogens is 352 g/mol. The van der Waals surface area contributed by atoms with Gasteiger partial charge in [0.25, 0.3) is 0 Å². The minimum atomic E-state index is -0.507. The molecule has 0 aliphatic carbocycles. The van der Waals surface area contributed by atoms with Gasteiger partial charge in [-0.25, -0.2) is 0 Å². The number of furan rings is 1. The fraction of sp³-hybridized carbons (Fsp3) is 0.217. The Morgan fingerprint density at radius 2 is 1.79 bits per heavy atom. The van der Waals surface area contributed by atoms with E-state index in [9.17, 15) is 9.59 Å². The quantitative estimate of drug-likeness (QED) is 0.612. The van der Waals surface area contributed by atoms with Gasteiger partial charge in [0.2, 0.25) is 5.91 Å². The molecule has 0 unspecified atom stereocenters. The van der Waals surface area contributed by atoms with Crippen LogP contribution in [0.2, 0.25) is 0 Å². The van der Waals surface area contributed by atoms with E-state index in [4.69, 9.17) is 4.42 Å². The first-order valence-corrected chi connectivity index (χ1v) is 9.16.